The van der Waals surface area contributed by atoms with Crippen LogP contribution in [0.4, 0.5) is 10.2 Å². The van der Waals surface area contributed by atoms with Crippen LogP contribution in [0.15, 0.2) is 41.7 Å². The Morgan fingerprint density at radius 1 is 1.20 bits per heavy atom. The van der Waals surface area contributed by atoms with Crippen LogP contribution in [0, 0.1) is 24.6 Å². The number of hydrogen-bond donors (Lipinski definition) is 0. The maximum atomic E-state index is 13.3. The second-order valence-corrected chi connectivity index (χ2v) is 4.77. The van der Waals surface area contributed by atoms with Crippen LogP contribution >= 0.6 is 0 Å². The minimum absolute atomic E-state index is 0.228. The molecule has 0 aliphatic carbocycles. The number of benzene rings is 1. The van der Waals surface area contributed by atoms with E-state index in [0.29, 0.717) is 22.5 Å². The minimum atomic E-state index is -0.283. The summed E-state index contributed by atoms with van der Waals surface area (Å²) in [6, 6.07) is 8.39. The first-order chi connectivity index (χ1) is 9.60. The highest BCUT2D eigenvalue weighted by atomic mass is 19.1. The van der Waals surface area contributed by atoms with Gasteiger partial charge in [0.05, 0.1) is 0 Å². The van der Waals surface area contributed by atoms with Crippen LogP contribution in [0.3, 0.4) is 0 Å². The fourth-order valence-electron chi connectivity index (χ4n) is 2.21. The van der Waals surface area contributed by atoms with Crippen molar-refractivity contribution in [2.24, 2.45) is 5.18 Å². The molecular weight excluding hydrogens is 257 g/mol. The maximum absolute atomic E-state index is 13.3. The van der Waals surface area contributed by atoms with Crippen molar-refractivity contribution in [3.8, 4) is 11.3 Å². The largest absolute Gasteiger partial charge is 0.281 e. The second-order valence-electron chi connectivity index (χ2n) is 4.77. The molecule has 0 saturated carbocycles. The summed E-state index contributed by atoms with van der Waals surface area (Å²) < 4.78 is 15.0. The van der Waals surface area contributed by atoms with E-state index >= 15 is 0 Å². The lowest BCUT2D eigenvalue weighted by Crippen LogP contribution is -1.85. The lowest BCUT2D eigenvalue weighted by Gasteiger charge is -2.00. The highest BCUT2D eigenvalue weighted by Gasteiger charge is 2.15. The molecule has 3 aromatic rings. The normalized spacial score (nSPS) is 10.9. The Bertz CT molecular complexity index is 823. The third kappa shape index (κ3) is 1.87. The molecule has 3 rings (SSSR count). The van der Waals surface area contributed by atoms with Gasteiger partial charge in [0, 0.05) is 11.8 Å². The number of imidazole rings is 1. The number of nitroso groups, excluding NO2 is 1. The van der Waals surface area contributed by atoms with Crippen molar-refractivity contribution >= 4 is 11.5 Å². The van der Waals surface area contributed by atoms with Gasteiger partial charge in [-0.25, -0.2) is 9.37 Å². The van der Waals surface area contributed by atoms with Gasteiger partial charge >= 0.3 is 0 Å². The van der Waals surface area contributed by atoms with Crippen molar-refractivity contribution in [2.75, 3.05) is 0 Å². The van der Waals surface area contributed by atoms with Crippen LogP contribution in [0.2, 0.25) is 0 Å². The minimum Gasteiger partial charge on any atom is -0.281 e. The summed E-state index contributed by atoms with van der Waals surface area (Å²) in [5.74, 6) is -0.0556. The summed E-state index contributed by atoms with van der Waals surface area (Å²) in [5.41, 5.74) is 3.35. The van der Waals surface area contributed by atoms with Crippen LogP contribution in [-0.4, -0.2) is 9.38 Å². The molecule has 0 spiro atoms. The van der Waals surface area contributed by atoms with E-state index in [2.05, 4.69) is 10.2 Å². The first-order valence-corrected chi connectivity index (χ1v) is 6.19. The summed E-state index contributed by atoms with van der Waals surface area (Å²) in [5, 5.41) is 3.07. The third-order valence-electron chi connectivity index (χ3n) is 3.27. The quantitative estimate of drug-likeness (QED) is 0.656. The van der Waals surface area contributed by atoms with Gasteiger partial charge < -0.3 is 0 Å². The molecule has 0 amide bonds. The molecular formula is C15H12FN3O. The lowest BCUT2D eigenvalue weighted by molar-refractivity contribution is 0.619. The molecule has 0 unspecified atom stereocenters. The average molecular weight is 269 g/mol. The van der Waals surface area contributed by atoms with Crippen molar-refractivity contribution in [1.29, 1.82) is 0 Å². The average Bonchev–Trinajstić information content (AvgIpc) is 2.79. The number of pyridine rings is 1. The Balaban J connectivity index is 2.29. The van der Waals surface area contributed by atoms with E-state index in [1.54, 1.807) is 29.7 Å². The van der Waals surface area contributed by atoms with Gasteiger partial charge in [0.25, 0.3) is 0 Å². The summed E-state index contributed by atoms with van der Waals surface area (Å²) >= 11 is 0. The van der Waals surface area contributed by atoms with Crippen LogP contribution in [0.5, 0.6) is 0 Å². The summed E-state index contributed by atoms with van der Waals surface area (Å²) in [7, 11) is 0. The number of rotatable bonds is 2. The summed E-state index contributed by atoms with van der Waals surface area (Å²) in [6.07, 6.45) is 1.76. The maximum Gasteiger partial charge on any atom is 0.209 e. The molecule has 0 bridgehead atoms. The van der Waals surface area contributed by atoms with Gasteiger partial charge in [-0.2, -0.15) is 0 Å². The Morgan fingerprint density at radius 2 is 2.00 bits per heavy atom. The Hall–Kier alpha value is -2.56. The highest BCUT2D eigenvalue weighted by Crippen LogP contribution is 2.31. The van der Waals surface area contributed by atoms with Crippen molar-refractivity contribution in [3.63, 3.8) is 0 Å². The van der Waals surface area contributed by atoms with Gasteiger partial charge in [0.1, 0.15) is 17.2 Å². The standard InChI is InChI=1S/C15H12FN3O/c1-9-5-6-19-13(7-9)17-14(15(19)18-20)11-3-4-12(16)10(2)8-11/h3-8H,1-2H3. The van der Waals surface area contributed by atoms with Crippen LogP contribution in [0.1, 0.15) is 11.1 Å². The highest BCUT2D eigenvalue weighted by molar-refractivity contribution is 5.75. The number of hydrogen-bond acceptors (Lipinski definition) is 3. The molecule has 2 aromatic heterocycles. The number of aromatic nitrogens is 2. The van der Waals surface area contributed by atoms with Gasteiger partial charge in [0.15, 0.2) is 0 Å². The molecule has 0 atom stereocenters. The molecule has 4 nitrogen and oxygen atoms in total. The molecule has 20 heavy (non-hydrogen) atoms. The number of fused-ring (bicyclic) bond motifs is 1. The van der Waals surface area contributed by atoms with Crippen molar-refractivity contribution in [1.82, 2.24) is 9.38 Å². The van der Waals surface area contributed by atoms with Gasteiger partial charge in [-0.05, 0) is 60.5 Å². The molecule has 0 aliphatic heterocycles. The predicted molar refractivity (Wildman–Crippen MR) is 75.5 cm³/mol. The predicted octanol–water partition coefficient (Wildman–Crippen LogP) is 4.16. The molecule has 2 heterocycles. The van der Waals surface area contributed by atoms with Gasteiger partial charge in [-0.1, -0.05) is 0 Å². The third-order valence-corrected chi connectivity index (χ3v) is 3.27. The molecule has 0 N–H and O–H groups in total. The van der Waals surface area contributed by atoms with E-state index in [4.69, 9.17) is 0 Å². The Morgan fingerprint density at radius 3 is 2.70 bits per heavy atom. The van der Waals surface area contributed by atoms with E-state index in [9.17, 15) is 9.30 Å². The zero-order valence-corrected chi connectivity index (χ0v) is 11.1. The van der Waals surface area contributed by atoms with Crippen LogP contribution in [0.25, 0.3) is 16.9 Å². The van der Waals surface area contributed by atoms with Crippen molar-refractivity contribution in [2.45, 2.75) is 13.8 Å². The van der Waals surface area contributed by atoms with Crippen LogP contribution < -0.4 is 0 Å². The fraction of sp³-hybridized carbons (Fsp3) is 0.133. The Kier molecular flexibility index (Phi) is 2.82. The molecule has 0 aliphatic rings. The first-order valence-electron chi connectivity index (χ1n) is 6.19. The Labute approximate surface area is 114 Å². The zero-order chi connectivity index (χ0) is 14.3. The summed E-state index contributed by atoms with van der Waals surface area (Å²) in [4.78, 5) is 15.6. The molecule has 0 saturated heterocycles. The fourth-order valence-corrected chi connectivity index (χ4v) is 2.21. The van der Waals surface area contributed by atoms with E-state index in [1.165, 1.54) is 6.07 Å². The lowest BCUT2D eigenvalue weighted by atomic mass is 10.1. The molecule has 0 fully saturated rings. The van der Waals surface area contributed by atoms with Crippen molar-refractivity contribution in [3.05, 3.63) is 58.4 Å². The van der Waals surface area contributed by atoms with Gasteiger partial charge in [-0.15, -0.1) is 4.91 Å². The molecule has 100 valence electrons. The molecule has 1 aromatic carbocycles. The molecule has 5 heteroatoms. The van der Waals surface area contributed by atoms with E-state index in [1.807, 2.05) is 19.1 Å². The van der Waals surface area contributed by atoms with E-state index in [-0.39, 0.29) is 11.6 Å². The molecule has 0 radical (unpaired) electrons. The first kappa shape index (κ1) is 12.5. The van der Waals surface area contributed by atoms with Crippen LogP contribution in [-0.2, 0) is 0 Å². The monoisotopic (exact) mass is 269 g/mol. The zero-order valence-electron chi connectivity index (χ0n) is 11.1. The number of nitrogens with zero attached hydrogens (tertiary/aromatic N) is 3. The SMILES string of the molecule is Cc1ccn2c(N=O)c(-c3ccc(F)c(C)c3)nc2c1. The second kappa shape index (κ2) is 4.52. The topological polar surface area (TPSA) is 46.7 Å². The van der Waals surface area contributed by atoms with Crippen molar-refractivity contribution < 1.29 is 4.39 Å². The summed E-state index contributed by atoms with van der Waals surface area (Å²) in [6.45, 7) is 3.62. The van der Waals surface area contributed by atoms with E-state index in [0.717, 1.165) is 5.56 Å². The van der Waals surface area contributed by atoms with E-state index < -0.39 is 0 Å². The number of halogens is 1. The van der Waals surface area contributed by atoms with Gasteiger partial charge in [0.2, 0.25) is 5.82 Å². The number of aryl methyl sites for hydroxylation is 2. The smallest absolute Gasteiger partial charge is 0.209 e. The van der Waals surface area contributed by atoms with Gasteiger partial charge in [-0.3, -0.25) is 4.40 Å².